The van der Waals surface area contributed by atoms with E-state index >= 15 is 0 Å². The molecule has 1 amide bonds. The van der Waals surface area contributed by atoms with Gasteiger partial charge in [-0.2, -0.15) is 3.89 Å². The van der Waals surface area contributed by atoms with Crippen molar-refractivity contribution in [2.75, 3.05) is 26.5 Å². The smallest absolute Gasteiger partial charge is 0.262 e. The summed E-state index contributed by atoms with van der Waals surface area (Å²) >= 11 is -0.600. The number of benzene rings is 1. The number of aliphatic hydroxyl groups excluding tert-OH is 1. The molecular formula is C17H22F3N3O3S. The number of carbonyl (C=O) groups excluding carboxylic acids is 2. The van der Waals surface area contributed by atoms with Crippen molar-refractivity contribution in [2.24, 2.45) is 5.92 Å². The van der Waals surface area contributed by atoms with Crippen LogP contribution in [0.3, 0.4) is 0 Å². The Balaban J connectivity index is 3.11. The molecule has 6 nitrogen and oxygen atoms in total. The van der Waals surface area contributed by atoms with Gasteiger partial charge in [0.05, 0.1) is 24.5 Å². The maximum absolute atomic E-state index is 13.6. The van der Waals surface area contributed by atoms with Crippen LogP contribution in [0.1, 0.15) is 13.8 Å². The average Bonchev–Trinajstić information content (AvgIpc) is 2.54. The van der Waals surface area contributed by atoms with Crippen LogP contribution < -0.4 is 5.32 Å². The van der Waals surface area contributed by atoms with Crippen molar-refractivity contribution >= 4 is 29.5 Å². The van der Waals surface area contributed by atoms with Gasteiger partial charge in [0.1, 0.15) is 22.1 Å². The van der Waals surface area contributed by atoms with Gasteiger partial charge in [-0.05, 0) is 18.1 Å². The van der Waals surface area contributed by atoms with Gasteiger partial charge in [-0.3, -0.25) is 9.59 Å². The lowest BCUT2D eigenvalue weighted by atomic mass is 9.94. The van der Waals surface area contributed by atoms with Crippen LogP contribution in [0.4, 0.5) is 18.4 Å². The molecule has 0 fully saturated rings. The Morgan fingerprint density at radius 3 is 2.07 bits per heavy atom. The number of carbonyl (C=O) groups is 2. The number of hydrazine groups is 1. The SMILES string of the molecule is CC(C)C(C(=O)C(=CO)C(=O)Nc1cc(F)c(SF)c(F)c1)N(C)N(C)C. The number of Topliss-reactive ketones (excluding diaryl/α,β-unsaturated/α-hetero) is 1. The number of amides is 1. The van der Waals surface area contributed by atoms with Crippen molar-refractivity contribution in [3.8, 4) is 0 Å². The summed E-state index contributed by atoms with van der Waals surface area (Å²) in [6.45, 7) is 3.54. The Kier molecular flexibility index (Phi) is 8.32. The lowest BCUT2D eigenvalue weighted by Gasteiger charge is -2.34. The van der Waals surface area contributed by atoms with Crippen LogP contribution in [0, 0.1) is 17.6 Å². The van der Waals surface area contributed by atoms with Gasteiger partial charge >= 0.3 is 0 Å². The van der Waals surface area contributed by atoms with Crippen LogP contribution in [0.5, 0.6) is 0 Å². The second kappa shape index (κ2) is 9.77. The second-order valence-corrected chi connectivity index (χ2v) is 6.88. The van der Waals surface area contributed by atoms with E-state index in [1.807, 2.05) is 0 Å². The van der Waals surface area contributed by atoms with Gasteiger partial charge in [-0.1, -0.05) is 13.8 Å². The van der Waals surface area contributed by atoms with Crippen molar-refractivity contribution in [1.82, 2.24) is 10.0 Å². The Morgan fingerprint density at radius 1 is 1.19 bits per heavy atom. The minimum Gasteiger partial charge on any atom is -0.515 e. The summed E-state index contributed by atoms with van der Waals surface area (Å²) < 4.78 is 39.8. The predicted molar refractivity (Wildman–Crippen MR) is 97.7 cm³/mol. The molecule has 0 aliphatic heterocycles. The van der Waals surface area contributed by atoms with E-state index in [4.69, 9.17) is 0 Å². The number of likely N-dealkylation sites (N-methyl/N-ethyl adjacent to an activating group) is 1. The van der Waals surface area contributed by atoms with E-state index in [1.54, 1.807) is 45.0 Å². The van der Waals surface area contributed by atoms with E-state index in [0.717, 1.165) is 0 Å². The number of anilines is 1. The molecule has 0 aliphatic carbocycles. The van der Waals surface area contributed by atoms with Crippen molar-refractivity contribution < 1.29 is 27.4 Å². The number of aliphatic hydroxyl groups is 1. The first-order chi connectivity index (χ1) is 12.5. The fourth-order valence-corrected chi connectivity index (χ4v) is 2.72. The second-order valence-electron chi connectivity index (χ2n) is 6.32. The maximum atomic E-state index is 13.6. The third kappa shape index (κ3) is 5.47. The number of halogens is 3. The molecule has 0 radical (unpaired) electrons. The molecule has 0 bridgehead atoms. The summed E-state index contributed by atoms with van der Waals surface area (Å²) in [5.74, 6) is -4.32. The fraction of sp³-hybridized carbons (Fsp3) is 0.412. The van der Waals surface area contributed by atoms with Crippen LogP contribution in [0.2, 0.25) is 0 Å². The minimum absolute atomic E-state index is 0.205. The Morgan fingerprint density at radius 2 is 1.70 bits per heavy atom. The quantitative estimate of drug-likeness (QED) is 0.227. The molecule has 1 aromatic rings. The zero-order chi connectivity index (χ0) is 20.9. The summed E-state index contributed by atoms with van der Waals surface area (Å²) in [6, 6.07) is 0.672. The van der Waals surface area contributed by atoms with E-state index in [0.29, 0.717) is 18.4 Å². The zero-order valence-electron chi connectivity index (χ0n) is 15.6. The summed E-state index contributed by atoms with van der Waals surface area (Å²) in [6.07, 6.45) is 0.356. The van der Waals surface area contributed by atoms with Crippen LogP contribution in [-0.2, 0) is 9.59 Å². The van der Waals surface area contributed by atoms with Gasteiger partial charge in [0, 0.05) is 26.8 Å². The molecule has 150 valence electrons. The van der Waals surface area contributed by atoms with Crippen LogP contribution in [0.25, 0.3) is 0 Å². The van der Waals surface area contributed by atoms with Gasteiger partial charge < -0.3 is 10.4 Å². The van der Waals surface area contributed by atoms with Gasteiger partial charge in [0.25, 0.3) is 5.91 Å². The summed E-state index contributed by atoms with van der Waals surface area (Å²) in [5, 5.41) is 14.8. The van der Waals surface area contributed by atoms with Gasteiger partial charge in [0.2, 0.25) is 0 Å². The normalized spacial score (nSPS) is 13.4. The van der Waals surface area contributed by atoms with E-state index in [1.165, 1.54) is 0 Å². The number of ketones is 1. The first kappa shape index (κ1) is 23.0. The lowest BCUT2D eigenvalue weighted by molar-refractivity contribution is -0.130. The van der Waals surface area contributed by atoms with E-state index in [9.17, 15) is 27.4 Å². The largest absolute Gasteiger partial charge is 0.515 e. The van der Waals surface area contributed by atoms with Crippen molar-refractivity contribution in [3.63, 3.8) is 0 Å². The van der Waals surface area contributed by atoms with Gasteiger partial charge in [0.15, 0.2) is 5.78 Å². The number of nitrogens with one attached hydrogen (secondary N) is 1. The van der Waals surface area contributed by atoms with Crippen molar-refractivity contribution in [3.05, 3.63) is 35.6 Å². The third-order valence-electron chi connectivity index (χ3n) is 3.91. The Bertz CT molecular complexity index is 718. The first-order valence-corrected chi connectivity index (χ1v) is 8.64. The Labute approximate surface area is 160 Å². The molecule has 1 unspecified atom stereocenters. The first-order valence-electron chi connectivity index (χ1n) is 7.92. The van der Waals surface area contributed by atoms with Gasteiger partial charge in [-0.25, -0.2) is 18.8 Å². The molecule has 0 saturated carbocycles. The molecule has 0 spiro atoms. The minimum atomic E-state index is -1.20. The highest BCUT2D eigenvalue weighted by atomic mass is 32.2. The molecule has 0 aromatic heterocycles. The average molecular weight is 405 g/mol. The molecule has 1 aromatic carbocycles. The maximum Gasteiger partial charge on any atom is 0.262 e. The lowest BCUT2D eigenvalue weighted by Crippen LogP contribution is -2.50. The van der Waals surface area contributed by atoms with Crippen LogP contribution >= 0.6 is 12.1 Å². The molecule has 1 rings (SSSR count). The molecule has 0 saturated heterocycles. The highest BCUT2D eigenvalue weighted by Crippen LogP contribution is 2.29. The summed E-state index contributed by atoms with van der Waals surface area (Å²) in [4.78, 5) is 24.3. The third-order valence-corrected chi connectivity index (χ3v) is 4.45. The number of hydrogen-bond acceptors (Lipinski definition) is 6. The van der Waals surface area contributed by atoms with Crippen LogP contribution in [-0.4, -0.2) is 54.0 Å². The summed E-state index contributed by atoms with van der Waals surface area (Å²) in [7, 11) is 5.07. The number of hydrogen-bond donors (Lipinski definition) is 2. The standard InChI is InChI=1S/C17H22F3N3O3S/c1-9(2)14(23(5)22(3)4)15(25)11(8-24)17(26)21-10-6-12(18)16(27-20)13(19)7-10/h6-9,14,24H,1-5H3,(H,21,26). The molecule has 27 heavy (non-hydrogen) atoms. The highest BCUT2D eigenvalue weighted by Gasteiger charge is 2.33. The molecule has 10 heteroatoms. The molecule has 1 atom stereocenters. The topological polar surface area (TPSA) is 72.9 Å². The van der Waals surface area contributed by atoms with Crippen molar-refractivity contribution in [2.45, 2.75) is 24.8 Å². The number of rotatable bonds is 8. The molecule has 0 aliphatic rings. The molecular weight excluding hydrogens is 383 g/mol. The van der Waals surface area contributed by atoms with Crippen LogP contribution in [0.15, 0.2) is 28.9 Å². The Hall–Kier alpha value is -2.04. The highest BCUT2D eigenvalue weighted by molar-refractivity contribution is 7.94. The van der Waals surface area contributed by atoms with E-state index in [-0.39, 0.29) is 11.6 Å². The predicted octanol–water partition coefficient (Wildman–Crippen LogP) is 3.32. The van der Waals surface area contributed by atoms with E-state index < -0.39 is 52.0 Å². The molecule has 0 heterocycles. The number of nitrogens with zero attached hydrogens (tertiary/aromatic N) is 2. The summed E-state index contributed by atoms with van der Waals surface area (Å²) in [5.41, 5.74) is -0.894. The van der Waals surface area contributed by atoms with Crippen molar-refractivity contribution in [1.29, 1.82) is 0 Å². The molecule has 2 N–H and O–H groups in total. The van der Waals surface area contributed by atoms with Gasteiger partial charge in [-0.15, -0.1) is 0 Å². The monoisotopic (exact) mass is 405 g/mol. The fourth-order valence-electron chi connectivity index (χ4n) is 2.45. The van der Waals surface area contributed by atoms with E-state index in [2.05, 4.69) is 5.32 Å². The zero-order valence-corrected chi connectivity index (χ0v) is 16.4.